The Balaban J connectivity index is 1.94. The highest BCUT2D eigenvalue weighted by Crippen LogP contribution is 2.25. The highest BCUT2D eigenvalue weighted by molar-refractivity contribution is 5.34. The second-order valence-corrected chi connectivity index (χ2v) is 5.04. The summed E-state index contributed by atoms with van der Waals surface area (Å²) in [6, 6.07) is 4.55. The van der Waals surface area contributed by atoms with Crippen LogP contribution in [-0.2, 0) is 6.54 Å². The van der Waals surface area contributed by atoms with Gasteiger partial charge in [0.2, 0.25) is 5.82 Å². The van der Waals surface area contributed by atoms with Gasteiger partial charge in [0.05, 0.1) is 4.92 Å². The van der Waals surface area contributed by atoms with Gasteiger partial charge in [-0.15, -0.1) is 0 Å². The van der Waals surface area contributed by atoms with Crippen LogP contribution in [0.4, 0.5) is 10.1 Å². The minimum absolute atomic E-state index is 0.465. The molecular weight excluding hydrogens is 235 g/mol. The third kappa shape index (κ3) is 3.04. The Morgan fingerprint density at radius 1 is 1.50 bits per heavy atom. The minimum Gasteiger partial charge on any atom is -0.310 e. The van der Waals surface area contributed by atoms with Crippen molar-refractivity contribution in [3.63, 3.8) is 0 Å². The van der Waals surface area contributed by atoms with Gasteiger partial charge >= 0.3 is 5.69 Å². The molecule has 1 saturated carbocycles. The van der Waals surface area contributed by atoms with Gasteiger partial charge in [0.25, 0.3) is 0 Å². The monoisotopic (exact) mass is 252 g/mol. The van der Waals surface area contributed by atoms with E-state index in [9.17, 15) is 14.5 Å². The Hall–Kier alpha value is -1.49. The summed E-state index contributed by atoms with van der Waals surface area (Å²) < 4.78 is 13.4. The van der Waals surface area contributed by atoms with E-state index in [0.717, 1.165) is 24.3 Å². The van der Waals surface area contributed by atoms with Gasteiger partial charge in [-0.05, 0) is 36.8 Å². The Bertz CT molecular complexity index is 451. The third-order valence-electron chi connectivity index (χ3n) is 3.50. The Labute approximate surface area is 105 Å². The molecule has 0 aromatic heterocycles. The van der Waals surface area contributed by atoms with E-state index in [2.05, 4.69) is 12.2 Å². The lowest BCUT2D eigenvalue weighted by molar-refractivity contribution is -0.387. The topological polar surface area (TPSA) is 55.2 Å². The van der Waals surface area contributed by atoms with Gasteiger partial charge in [-0.2, -0.15) is 4.39 Å². The number of nitro groups is 1. The number of nitrogens with one attached hydrogen (secondary N) is 1. The Morgan fingerprint density at radius 3 is 2.83 bits per heavy atom. The van der Waals surface area contributed by atoms with Crippen molar-refractivity contribution in [2.45, 2.75) is 38.8 Å². The van der Waals surface area contributed by atoms with Crippen LogP contribution >= 0.6 is 0 Å². The molecule has 1 aliphatic rings. The average molecular weight is 252 g/mol. The van der Waals surface area contributed by atoms with Crippen LogP contribution in [0.1, 0.15) is 31.7 Å². The lowest BCUT2D eigenvalue weighted by Crippen LogP contribution is -2.25. The lowest BCUT2D eigenvalue weighted by Gasteiger charge is -2.12. The van der Waals surface area contributed by atoms with Crippen molar-refractivity contribution in [2.75, 3.05) is 0 Å². The lowest BCUT2D eigenvalue weighted by atomic mass is 10.1. The molecule has 2 unspecified atom stereocenters. The second kappa shape index (κ2) is 5.44. The molecule has 0 aliphatic heterocycles. The summed E-state index contributed by atoms with van der Waals surface area (Å²) >= 11 is 0. The van der Waals surface area contributed by atoms with Gasteiger partial charge in [-0.25, -0.2) is 0 Å². The highest BCUT2D eigenvalue weighted by Gasteiger charge is 2.21. The van der Waals surface area contributed by atoms with Crippen molar-refractivity contribution in [3.8, 4) is 0 Å². The molecule has 18 heavy (non-hydrogen) atoms. The van der Waals surface area contributed by atoms with Crippen molar-refractivity contribution in [3.05, 3.63) is 39.7 Å². The second-order valence-electron chi connectivity index (χ2n) is 5.04. The quantitative estimate of drug-likeness (QED) is 0.662. The predicted octanol–water partition coefficient (Wildman–Crippen LogP) is 3.01. The molecule has 1 aliphatic carbocycles. The maximum absolute atomic E-state index is 13.4. The fraction of sp³-hybridized carbons (Fsp3) is 0.538. The van der Waals surface area contributed by atoms with Crippen LogP contribution in [0.25, 0.3) is 0 Å². The van der Waals surface area contributed by atoms with Crippen LogP contribution in [0.2, 0.25) is 0 Å². The summed E-state index contributed by atoms with van der Waals surface area (Å²) in [5.74, 6) is -0.0183. The maximum Gasteiger partial charge on any atom is 0.304 e. The van der Waals surface area contributed by atoms with Crippen molar-refractivity contribution in [1.82, 2.24) is 5.32 Å². The first-order valence-corrected chi connectivity index (χ1v) is 6.22. The van der Waals surface area contributed by atoms with E-state index >= 15 is 0 Å². The summed E-state index contributed by atoms with van der Waals surface area (Å²) in [4.78, 5) is 9.78. The third-order valence-corrected chi connectivity index (χ3v) is 3.50. The predicted molar refractivity (Wildman–Crippen MR) is 66.7 cm³/mol. The number of nitrogens with zero attached hydrogens (tertiary/aromatic N) is 1. The van der Waals surface area contributed by atoms with Crippen molar-refractivity contribution in [1.29, 1.82) is 0 Å². The van der Waals surface area contributed by atoms with E-state index < -0.39 is 16.4 Å². The highest BCUT2D eigenvalue weighted by atomic mass is 19.1. The molecule has 98 valence electrons. The molecule has 2 atom stereocenters. The fourth-order valence-corrected chi connectivity index (χ4v) is 2.46. The number of nitro benzene ring substituents is 1. The molecular formula is C13H17FN2O2. The summed E-state index contributed by atoms with van der Waals surface area (Å²) in [6.07, 6.45) is 3.53. The summed E-state index contributed by atoms with van der Waals surface area (Å²) in [5, 5.41) is 13.9. The standard InChI is InChI=1S/C13H17FN2O2/c1-9-2-4-11(6-9)15-8-10-3-5-13(16(17)18)12(14)7-10/h3,5,7,9,11,15H,2,4,6,8H2,1H3. The van der Waals surface area contributed by atoms with Crippen LogP contribution in [0.3, 0.4) is 0 Å². The SMILES string of the molecule is CC1CCC(NCc2ccc([N+](=O)[O-])c(F)c2)C1. The van der Waals surface area contributed by atoms with Crippen LogP contribution in [0.5, 0.6) is 0 Å². The van der Waals surface area contributed by atoms with Crippen LogP contribution in [0.15, 0.2) is 18.2 Å². The zero-order valence-corrected chi connectivity index (χ0v) is 10.4. The molecule has 4 nitrogen and oxygen atoms in total. The molecule has 0 radical (unpaired) electrons. The van der Waals surface area contributed by atoms with Gasteiger partial charge < -0.3 is 5.32 Å². The van der Waals surface area contributed by atoms with Crippen LogP contribution in [-0.4, -0.2) is 11.0 Å². The zero-order chi connectivity index (χ0) is 13.1. The van der Waals surface area contributed by atoms with Crippen LogP contribution < -0.4 is 5.32 Å². The van der Waals surface area contributed by atoms with Crippen molar-refractivity contribution in [2.24, 2.45) is 5.92 Å². The molecule has 0 bridgehead atoms. The van der Waals surface area contributed by atoms with E-state index in [1.54, 1.807) is 6.07 Å². The van der Waals surface area contributed by atoms with Gasteiger partial charge in [-0.3, -0.25) is 10.1 Å². The van der Waals surface area contributed by atoms with Crippen molar-refractivity contribution >= 4 is 5.69 Å². The average Bonchev–Trinajstić information content (AvgIpc) is 2.72. The molecule has 0 spiro atoms. The normalized spacial score (nSPS) is 23.2. The van der Waals surface area contributed by atoms with Gasteiger partial charge in [0, 0.05) is 18.7 Å². The first kappa shape index (κ1) is 13.0. The molecule has 1 N–H and O–H groups in total. The maximum atomic E-state index is 13.4. The van der Waals surface area contributed by atoms with E-state index in [4.69, 9.17) is 0 Å². The van der Waals surface area contributed by atoms with Crippen LogP contribution in [0, 0.1) is 21.8 Å². The molecule has 1 fully saturated rings. The molecule has 1 aromatic rings. The number of halogens is 1. The first-order valence-electron chi connectivity index (χ1n) is 6.22. The van der Waals surface area contributed by atoms with E-state index in [1.165, 1.54) is 18.6 Å². The van der Waals surface area contributed by atoms with Crippen molar-refractivity contribution < 1.29 is 9.31 Å². The summed E-state index contributed by atoms with van der Waals surface area (Å²) in [6.45, 7) is 2.79. The first-order chi connectivity index (χ1) is 8.56. The molecule has 0 heterocycles. The van der Waals surface area contributed by atoms with E-state index in [0.29, 0.717) is 12.6 Å². The largest absolute Gasteiger partial charge is 0.310 e. The number of hydrogen-bond donors (Lipinski definition) is 1. The van der Waals surface area contributed by atoms with E-state index in [1.807, 2.05) is 0 Å². The number of hydrogen-bond acceptors (Lipinski definition) is 3. The molecule has 0 amide bonds. The minimum atomic E-state index is -0.765. The number of rotatable bonds is 4. The van der Waals surface area contributed by atoms with Gasteiger partial charge in [0.1, 0.15) is 0 Å². The summed E-state index contributed by atoms with van der Waals surface area (Å²) in [7, 11) is 0. The molecule has 5 heteroatoms. The van der Waals surface area contributed by atoms with Gasteiger partial charge in [-0.1, -0.05) is 13.0 Å². The molecule has 2 rings (SSSR count). The molecule has 1 aromatic carbocycles. The fourth-order valence-electron chi connectivity index (χ4n) is 2.46. The smallest absolute Gasteiger partial charge is 0.304 e. The summed E-state index contributed by atoms with van der Waals surface area (Å²) in [5.41, 5.74) is 0.283. The Kier molecular flexibility index (Phi) is 3.91. The number of benzene rings is 1. The van der Waals surface area contributed by atoms with Gasteiger partial charge in [0.15, 0.2) is 0 Å². The van der Waals surface area contributed by atoms with E-state index in [-0.39, 0.29) is 0 Å². The molecule has 0 saturated heterocycles. The Morgan fingerprint density at radius 2 is 2.28 bits per heavy atom. The zero-order valence-electron chi connectivity index (χ0n) is 10.4.